The third-order valence-corrected chi connectivity index (χ3v) is 4.07. The Balaban J connectivity index is 1.64. The van der Waals surface area contributed by atoms with Gasteiger partial charge >= 0.3 is 0 Å². The molecule has 2 heterocycles. The summed E-state index contributed by atoms with van der Waals surface area (Å²) in [6.07, 6.45) is 1.13. The molecule has 1 amide bonds. The molecular formula is C15H20N2O2. The third kappa shape index (κ3) is 2.65. The summed E-state index contributed by atoms with van der Waals surface area (Å²) in [5.41, 5.74) is 1.32. The highest BCUT2D eigenvalue weighted by Gasteiger charge is 2.44. The fourth-order valence-electron chi connectivity index (χ4n) is 3.17. The lowest BCUT2D eigenvalue weighted by Gasteiger charge is -2.32. The first kappa shape index (κ1) is 12.6. The van der Waals surface area contributed by atoms with Crippen molar-refractivity contribution in [3.05, 3.63) is 35.9 Å². The minimum atomic E-state index is 0.0239. The smallest absolute Gasteiger partial charge is 0.225 e. The topological polar surface area (TPSA) is 41.6 Å². The highest BCUT2D eigenvalue weighted by Crippen LogP contribution is 2.32. The Labute approximate surface area is 113 Å². The number of fused-ring (bicyclic) bond motifs is 2. The van der Waals surface area contributed by atoms with Crippen molar-refractivity contribution >= 4 is 5.91 Å². The van der Waals surface area contributed by atoms with E-state index in [0.29, 0.717) is 0 Å². The number of ether oxygens (including phenoxy) is 1. The van der Waals surface area contributed by atoms with E-state index in [4.69, 9.17) is 4.74 Å². The molecule has 3 atom stereocenters. The number of rotatable bonds is 3. The van der Waals surface area contributed by atoms with Crippen LogP contribution in [0.15, 0.2) is 30.3 Å². The van der Waals surface area contributed by atoms with Gasteiger partial charge in [-0.2, -0.15) is 0 Å². The molecule has 2 bridgehead atoms. The molecule has 1 aromatic carbocycles. The van der Waals surface area contributed by atoms with Gasteiger partial charge < -0.3 is 10.1 Å². The van der Waals surface area contributed by atoms with Crippen LogP contribution in [0.3, 0.4) is 0 Å². The lowest BCUT2D eigenvalue weighted by atomic mass is 10.00. The molecule has 2 saturated heterocycles. The minimum Gasteiger partial charge on any atom is -0.371 e. The molecule has 0 saturated carbocycles. The molecule has 1 N–H and O–H groups in total. The maximum absolute atomic E-state index is 11.8. The van der Waals surface area contributed by atoms with E-state index < -0.39 is 0 Å². The molecule has 4 nitrogen and oxygen atoms in total. The van der Waals surface area contributed by atoms with Gasteiger partial charge in [0.15, 0.2) is 0 Å². The van der Waals surface area contributed by atoms with Crippen molar-refractivity contribution in [3.8, 4) is 0 Å². The standard InChI is InChI=1S/C15H20N2O2/c1-16-15(18)13-7-12-9-17(10-14(13)19-12)8-11-5-3-2-4-6-11/h2-6,12-14H,7-10H2,1H3,(H,16,18)/t12-,13-,14-/m0/s1. The Morgan fingerprint density at radius 3 is 2.89 bits per heavy atom. The first-order valence-corrected chi connectivity index (χ1v) is 6.89. The predicted octanol–water partition coefficient (Wildman–Crippen LogP) is 1.02. The van der Waals surface area contributed by atoms with Gasteiger partial charge in [-0.3, -0.25) is 9.69 Å². The number of benzene rings is 1. The van der Waals surface area contributed by atoms with E-state index in [1.165, 1.54) is 5.56 Å². The molecule has 19 heavy (non-hydrogen) atoms. The Morgan fingerprint density at radius 2 is 2.16 bits per heavy atom. The summed E-state index contributed by atoms with van der Waals surface area (Å²) in [6, 6.07) is 10.5. The Bertz CT molecular complexity index is 449. The number of morpholine rings is 1. The number of carbonyl (C=O) groups excluding carboxylic acids is 1. The van der Waals surface area contributed by atoms with E-state index in [1.807, 2.05) is 6.07 Å². The van der Waals surface area contributed by atoms with Crippen molar-refractivity contribution in [2.75, 3.05) is 20.1 Å². The van der Waals surface area contributed by atoms with Gasteiger partial charge in [-0.15, -0.1) is 0 Å². The van der Waals surface area contributed by atoms with Crippen LogP contribution in [0.25, 0.3) is 0 Å². The minimum absolute atomic E-state index is 0.0239. The second-order valence-corrected chi connectivity index (χ2v) is 5.43. The summed E-state index contributed by atoms with van der Waals surface area (Å²) in [4.78, 5) is 14.2. The molecule has 0 unspecified atom stereocenters. The molecule has 1 aromatic rings. The van der Waals surface area contributed by atoms with Crippen LogP contribution in [0.2, 0.25) is 0 Å². The fraction of sp³-hybridized carbons (Fsp3) is 0.533. The molecule has 0 aliphatic carbocycles. The summed E-state index contributed by atoms with van der Waals surface area (Å²) in [5, 5.41) is 2.75. The van der Waals surface area contributed by atoms with Crippen molar-refractivity contribution in [3.63, 3.8) is 0 Å². The normalized spacial score (nSPS) is 30.3. The number of hydrogen-bond acceptors (Lipinski definition) is 3. The van der Waals surface area contributed by atoms with Crippen molar-refractivity contribution in [1.29, 1.82) is 0 Å². The van der Waals surface area contributed by atoms with E-state index in [-0.39, 0.29) is 24.0 Å². The quantitative estimate of drug-likeness (QED) is 0.882. The molecule has 3 rings (SSSR count). The van der Waals surface area contributed by atoms with Crippen LogP contribution < -0.4 is 5.32 Å². The lowest BCUT2D eigenvalue weighted by molar-refractivity contribution is -0.127. The molecular weight excluding hydrogens is 240 g/mol. The zero-order valence-corrected chi connectivity index (χ0v) is 11.2. The van der Waals surface area contributed by atoms with Crippen molar-refractivity contribution < 1.29 is 9.53 Å². The second-order valence-electron chi connectivity index (χ2n) is 5.43. The number of likely N-dealkylation sites (tertiary alicyclic amines) is 1. The van der Waals surface area contributed by atoms with Crippen molar-refractivity contribution in [2.45, 2.75) is 25.2 Å². The Morgan fingerprint density at radius 1 is 1.37 bits per heavy atom. The van der Waals surface area contributed by atoms with Crippen molar-refractivity contribution in [2.24, 2.45) is 5.92 Å². The van der Waals surface area contributed by atoms with Gasteiger partial charge in [-0.1, -0.05) is 30.3 Å². The van der Waals surface area contributed by atoms with E-state index in [9.17, 15) is 4.79 Å². The molecule has 0 aromatic heterocycles. The van der Waals surface area contributed by atoms with E-state index in [2.05, 4.69) is 34.5 Å². The van der Waals surface area contributed by atoms with Crippen LogP contribution in [-0.4, -0.2) is 43.2 Å². The van der Waals surface area contributed by atoms with Crippen LogP contribution in [-0.2, 0) is 16.1 Å². The van der Waals surface area contributed by atoms with Crippen LogP contribution in [0, 0.1) is 5.92 Å². The molecule has 0 radical (unpaired) electrons. The lowest BCUT2D eigenvalue weighted by Crippen LogP contribution is -2.44. The van der Waals surface area contributed by atoms with Gasteiger partial charge in [0.2, 0.25) is 5.91 Å². The molecule has 2 aliphatic heterocycles. The fourth-order valence-corrected chi connectivity index (χ4v) is 3.17. The summed E-state index contributed by atoms with van der Waals surface area (Å²) < 4.78 is 5.90. The summed E-state index contributed by atoms with van der Waals surface area (Å²) in [6.45, 7) is 2.72. The van der Waals surface area contributed by atoms with Gasteiger partial charge in [0.1, 0.15) is 0 Å². The maximum Gasteiger partial charge on any atom is 0.225 e. The third-order valence-electron chi connectivity index (χ3n) is 4.07. The zero-order chi connectivity index (χ0) is 13.2. The number of carbonyl (C=O) groups is 1. The maximum atomic E-state index is 11.8. The van der Waals surface area contributed by atoms with Gasteiger partial charge in [0.25, 0.3) is 0 Å². The number of nitrogens with zero attached hydrogens (tertiary/aromatic N) is 1. The monoisotopic (exact) mass is 260 g/mol. The first-order chi connectivity index (χ1) is 9.26. The highest BCUT2D eigenvalue weighted by atomic mass is 16.5. The number of nitrogens with one attached hydrogen (secondary N) is 1. The average molecular weight is 260 g/mol. The highest BCUT2D eigenvalue weighted by molar-refractivity contribution is 5.79. The first-order valence-electron chi connectivity index (χ1n) is 6.89. The Kier molecular flexibility index (Phi) is 3.53. The second kappa shape index (κ2) is 5.31. The zero-order valence-electron chi connectivity index (χ0n) is 11.2. The van der Waals surface area contributed by atoms with Gasteiger partial charge in [-0.05, 0) is 12.0 Å². The van der Waals surface area contributed by atoms with Gasteiger partial charge in [0, 0.05) is 26.7 Å². The molecule has 2 aliphatic rings. The Hall–Kier alpha value is -1.39. The van der Waals surface area contributed by atoms with Crippen LogP contribution in [0.4, 0.5) is 0 Å². The van der Waals surface area contributed by atoms with Crippen LogP contribution in [0.1, 0.15) is 12.0 Å². The van der Waals surface area contributed by atoms with Gasteiger partial charge in [-0.25, -0.2) is 0 Å². The molecule has 2 fully saturated rings. The summed E-state index contributed by atoms with van der Waals surface area (Å²) >= 11 is 0. The van der Waals surface area contributed by atoms with Gasteiger partial charge in [0.05, 0.1) is 18.1 Å². The summed E-state index contributed by atoms with van der Waals surface area (Å²) in [5.74, 6) is 0.143. The van der Waals surface area contributed by atoms with E-state index in [0.717, 1.165) is 26.1 Å². The summed E-state index contributed by atoms with van der Waals surface area (Å²) in [7, 11) is 1.70. The van der Waals surface area contributed by atoms with E-state index in [1.54, 1.807) is 7.05 Å². The van der Waals surface area contributed by atoms with Crippen molar-refractivity contribution in [1.82, 2.24) is 10.2 Å². The molecule has 4 heteroatoms. The molecule has 102 valence electrons. The average Bonchev–Trinajstić information content (AvgIpc) is 2.74. The molecule has 0 spiro atoms. The predicted molar refractivity (Wildman–Crippen MR) is 72.6 cm³/mol. The van der Waals surface area contributed by atoms with E-state index >= 15 is 0 Å². The van der Waals surface area contributed by atoms with Crippen LogP contribution >= 0.6 is 0 Å². The largest absolute Gasteiger partial charge is 0.371 e. The number of amides is 1. The van der Waals surface area contributed by atoms with Crippen LogP contribution in [0.5, 0.6) is 0 Å². The SMILES string of the molecule is CNC(=O)[C@H]1C[C@H]2CN(Cc3ccccc3)C[C@@H]1O2. The number of hydrogen-bond donors (Lipinski definition) is 1.